The topological polar surface area (TPSA) is 53.9 Å². The summed E-state index contributed by atoms with van der Waals surface area (Å²) >= 11 is 0. The van der Waals surface area contributed by atoms with Gasteiger partial charge in [0.15, 0.2) is 5.96 Å². The lowest BCUT2D eigenvalue weighted by Gasteiger charge is -2.38. The van der Waals surface area contributed by atoms with E-state index in [-0.39, 0.29) is 35.5 Å². The van der Waals surface area contributed by atoms with Gasteiger partial charge in [0, 0.05) is 33.1 Å². The second-order valence-electron chi connectivity index (χ2n) is 8.75. The Morgan fingerprint density at radius 1 is 1.15 bits per heavy atom. The Bertz CT molecular complexity index is 470. The minimum absolute atomic E-state index is 0. The monoisotopic (exact) mass is 479 g/mol. The highest BCUT2D eigenvalue weighted by Gasteiger charge is 2.43. The molecule has 1 N–H and O–H groups in total. The molecule has 0 aromatic rings. The fraction of sp³-hybridized carbons (Fsp3) is 0.900. The Morgan fingerprint density at radius 2 is 1.85 bits per heavy atom. The average molecular weight is 479 g/mol. The van der Waals surface area contributed by atoms with Crippen molar-refractivity contribution >= 4 is 35.9 Å². The molecule has 1 aliphatic carbocycles. The maximum atomic E-state index is 11.6. The summed E-state index contributed by atoms with van der Waals surface area (Å²) in [5.41, 5.74) is 0.240. The van der Waals surface area contributed by atoms with Crippen LogP contribution < -0.4 is 5.32 Å². The minimum atomic E-state index is -0.371. The van der Waals surface area contributed by atoms with Crippen LogP contribution in [0.3, 0.4) is 0 Å². The van der Waals surface area contributed by atoms with Gasteiger partial charge in [-0.1, -0.05) is 19.3 Å². The highest BCUT2D eigenvalue weighted by Crippen LogP contribution is 2.47. The molecule has 1 aliphatic heterocycles. The molecule has 1 saturated heterocycles. The normalized spacial score (nSPS) is 19.1. The summed E-state index contributed by atoms with van der Waals surface area (Å²) in [7, 11) is 1.88. The Balaban J connectivity index is 0.00000338. The number of guanidine groups is 1. The number of halogens is 1. The first kappa shape index (κ1) is 23.5. The van der Waals surface area contributed by atoms with E-state index in [2.05, 4.69) is 15.2 Å². The third-order valence-corrected chi connectivity index (χ3v) is 5.37. The van der Waals surface area contributed by atoms with E-state index in [1.165, 1.54) is 32.2 Å². The molecule has 1 heterocycles. The Morgan fingerprint density at radius 3 is 2.38 bits per heavy atom. The zero-order valence-corrected chi connectivity index (χ0v) is 19.4. The van der Waals surface area contributed by atoms with Gasteiger partial charge in [0.05, 0.1) is 0 Å². The van der Waals surface area contributed by atoms with Gasteiger partial charge in [0.2, 0.25) is 0 Å². The van der Waals surface area contributed by atoms with Crippen LogP contribution >= 0.6 is 24.0 Å². The number of unbranched alkanes of at least 4 members (excludes halogenated alkanes) is 3. The third kappa shape index (κ3) is 7.61. The van der Waals surface area contributed by atoms with Gasteiger partial charge in [-0.3, -0.25) is 9.79 Å². The molecule has 0 radical (unpaired) electrons. The predicted molar refractivity (Wildman–Crippen MR) is 118 cm³/mol. The molecule has 0 amide bonds. The molecule has 0 aromatic heterocycles. The van der Waals surface area contributed by atoms with Crippen molar-refractivity contribution in [3.05, 3.63) is 0 Å². The summed E-state index contributed by atoms with van der Waals surface area (Å²) in [6, 6.07) is 0. The van der Waals surface area contributed by atoms with E-state index in [1.54, 1.807) is 0 Å². The molecule has 0 unspecified atom stereocenters. The summed E-state index contributed by atoms with van der Waals surface area (Å²) in [5, 5.41) is 3.51. The van der Waals surface area contributed by atoms with Crippen molar-refractivity contribution in [2.45, 2.75) is 84.2 Å². The zero-order valence-electron chi connectivity index (χ0n) is 17.1. The van der Waals surface area contributed by atoms with Crippen LogP contribution in [-0.4, -0.2) is 49.1 Å². The van der Waals surface area contributed by atoms with E-state index >= 15 is 0 Å². The fourth-order valence-corrected chi connectivity index (χ4v) is 3.87. The first-order valence-electron chi connectivity index (χ1n) is 10.0. The standard InChI is InChI=1S/C20H37N3O2.HI/c1-19(2,3)25-17(24)10-7-5-6-8-14-22-18(21-4)23-15-13-20(16-23)11-9-12-20;/h5-16H2,1-4H3,(H,21,22);1H. The van der Waals surface area contributed by atoms with Crippen molar-refractivity contribution in [3.63, 3.8) is 0 Å². The van der Waals surface area contributed by atoms with Crippen molar-refractivity contribution in [2.75, 3.05) is 26.7 Å². The molecular formula is C20H38IN3O2. The van der Waals surface area contributed by atoms with Gasteiger partial charge in [-0.25, -0.2) is 0 Å². The highest BCUT2D eigenvalue weighted by atomic mass is 127. The Labute approximate surface area is 176 Å². The highest BCUT2D eigenvalue weighted by molar-refractivity contribution is 14.0. The SMILES string of the molecule is CN=C(NCCCCCCC(=O)OC(C)(C)C)N1CCC2(CCC2)C1.I. The second kappa shape index (κ2) is 10.7. The van der Waals surface area contributed by atoms with E-state index in [0.29, 0.717) is 11.8 Å². The number of nitrogens with zero attached hydrogens (tertiary/aromatic N) is 2. The molecule has 1 saturated carbocycles. The molecule has 6 heteroatoms. The second-order valence-corrected chi connectivity index (χ2v) is 8.75. The number of aliphatic imine (C=N–C) groups is 1. The van der Waals surface area contributed by atoms with Crippen LogP contribution in [0.5, 0.6) is 0 Å². The third-order valence-electron chi connectivity index (χ3n) is 5.37. The van der Waals surface area contributed by atoms with Gasteiger partial charge in [0.25, 0.3) is 0 Å². The number of hydrogen-bond acceptors (Lipinski definition) is 3. The predicted octanol–water partition coefficient (Wildman–Crippen LogP) is 4.35. The van der Waals surface area contributed by atoms with Crippen LogP contribution in [-0.2, 0) is 9.53 Å². The lowest BCUT2D eigenvalue weighted by Crippen LogP contribution is -2.42. The number of carbonyl (C=O) groups is 1. The number of likely N-dealkylation sites (tertiary alicyclic amines) is 1. The van der Waals surface area contributed by atoms with Crippen LogP contribution in [0.2, 0.25) is 0 Å². The quantitative estimate of drug-likeness (QED) is 0.194. The van der Waals surface area contributed by atoms with Gasteiger partial charge >= 0.3 is 5.97 Å². The summed E-state index contributed by atoms with van der Waals surface area (Å²) in [6.07, 6.45) is 10.3. The Kier molecular flexibility index (Phi) is 9.69. The lowest BCUT2D eigenvalue weighted by molar-refractivity contribution is -0.154. The summed E-state index contributed by atoms with van der Waals surface area (Å²) in [5.74, 6) is 0.988. The van der Waals surface area contributed by atoms with E-state index in [4.69, 9.17) is 4.74 Å². The molecule has 2 fully saturated rings. The first-order valence-corrected chi connectivity index (χ1v) is 10.0. The molecular weight excluding hydrogens is 441 g/mol. The van der Waals surface area contributed by atoms with E-state index in [9.17, 15) is 4.79 Å². The average Bonchev–Trinajstić information content (AvgIpc) is 2.94. The smallest absolute Gasteiger partial charge is 0.306 e. The maximum absolute atomic E-state index is 11.6. The van der Waals surface area contributed by atoms with Gasteiger partial charge in [-0.05, 0) is 58.3 Å². The van der Waals surface area contributed by atoms with Gasteiger partial charge in [0.1, 0.15) is 5.60 Å². The Hall–Kier alpha value is -0.530. The number of esters is 1. The molecule has 2 aliphatic rings. The number of nitrogens with one attached hydrogen (secondary N) is 1. The summed E-state index contributed by atoms with van der Waals surface area (Å²) in [6.45, 7) is 9.03. The minimum Gasteiger partial charge on any atom is -0.460 e. The van der Waals surface area contributed by atoms with Gasteiger partial charge in [-0.15, -0.1) is 24.0 Å². The van der Waals surface area contributed by atoms with E-state index in [0.717, 1.165) is 44.7 Å². The lowest BCUT2D eigenvalue weighted by atomic mass is 9.68. The van der Waals surface area contributed by atoms with Crippen LogP contribution in [0.25, 0.3) is 0 Å². The fourth-order valence-electron chi connectivity index (χ4n) is 3.87. The molecule has 5 nitrogen and oxygen atoms in total. The molecule has 26 heavy (non-hydrogen) atoms. The van der Waals surface area contributed by atoms with Crippen molar-refractivity contribution in [1.82, 2.24) is 10.2 Å². The number of carbonyl (C=O) groups excluding carboxylic acids is 1. The molecule has 1 spiro atoms. The molecule has 0 aromatic carbocycles. The van der Waals surface area contributed by atoms with E-state index < -0.39 is 0 Å². The van der Waals surface area contributed by atoms with Crippen molar-refractivity contribution < 1.29 is 9.53 Å². The van der Waals surface area contributed by atoms with Crippen LogP contribution in [0.1, 0.15) is 78.6 Å². The number of ether oxygens (including phenoxy) is 1. The van der Waals surface area contributed by atoms with Crippen LogP contribution in [0.15, 0.2) is 4.99 Å². The van der Waals surface area contributed by atoms with Crippen LogP contribution in [0, 0.1) is 5.41 Å². The van der Waals surface area contributed by atoms with Crippen LogP contribution in [0.4, 0.5) is 0 Å². The summed E-state index contributed by atoms with van der Waals surface area (Å²) in [4.78, 5) is 18.5. The molecule has 0 atom stereocenters. The largest absolute Gasteiger partial charge is 0.460 e. The molecule has 2 rings (SSSR count). The van der Waals surface area contributed by atoms with Gasteiger partial charge < -0.3 is 15.0 Å². The van der Waals surface area contributed by atoms with Gasteiger partial charge in [-0.2, -0.15) is 0 Å². The van der Waals surface area contributed by atoms with Crippen molar-refractivity contribution in [1.29, 1.82) is 0 Å². The van der Waals surface area contributed by atoms with Crippen molar-refractivity contribution in [2.24, 2.45) is 10.4 Å². The number of rotatable bonds is 7. The molecule has 152 valence electrons. The molecule has 0 bridgehead atoms. The first-order chi connectivity index (χ1) is 11.8. The zero-order chi connectivity index (χ0) is 18.3. The van der Waals surface area contributed by atoms with Crippen molar-refractivity contribution in [3.8, 4) is 0 Å². The number of hydrogen-bond donors (Lipinski definition) is 1. The maximum Gasteiger partial charge on any atom is 0.306 e. The van der Waals surface area contributed by atoms with E-state index in [1.807, 2.05) is 27.8 Å². The summed E-state index contributed by atoms with van der Waals surface area (Å²) < 4.78 is 5.33.